The molecule has 0 unspecified atom stereocenters. The van der Waals surface area contributed by atoms with Crippen molar-refractivity contribution in [3.63, 3.8) is 0 Å². The van der Waals surface area contributed by atoms with E-state index < -0.39 is 28.4 Å². The average Bonchev–Trinajstić information content (AvgIpc) is 2.77. The van der Waals surface area contributed by atoms with Crippen LogP contribution >= 0.6 is 11.8 Å². The number of anilines is 1. The van der Waals surface area contributed by atoms with Gasteiger partial charge in [0.25, 0.3) is 11.6 Å². The summed E-state index contributed by atoms with van der Waals surface area (Å²) in [6, 6.07) is 7.23. The van der Waals surface area contributed by atoms with Crippen LogP contribution in [0.15, 0.2) is 47.5 Å². The van der Waals surface area contributed by atoms with Crippen LogP contribution in [0.4, 0.5) is 28.9 Å². The number of hydrogen-bond acceptors (Lipinski definition) is 6. The highest BCUT2D eigenvalue weighted by molar-refractivity contribution is 7.98. The van der Waals surface area contributed by atoms with Gasteiger partial charge in [-0.25, -0.2) is 14.4 Å². The highest BCUT2D eigenvalue weighted by Crippen LogP contribution is 2.34. The number of alkyl halides is 3. The fourth-order valence-electron chi connectivity index (χ4n) is 3.11. The van der Waals surface area contributed by atoms with E-state index in [1.165, 1.54) is 24.3 Å². The molecule has 0 bridgehead atoms. The van der Waals surface area contributed by atoms with Crippen molar-refractivity contribution in [1.82, 2.24) is 9.97 Å². The van der Waals surface area contributed by atoms with Crippen molar-refractivity contribution in [3.8, 4) is 11.4 Å². The predicted octanol–water partition coefficient (Wildman–Crippen LogP) is 6.31. The minimum absolute atomic E-state index is 0.108. The average molecular weight is 494 g/mol. The minimum atomic E-state index is -4.76. The van der Waals surface area contributed by atoms with Crippen molar-refractivity contribution in [2.45, 2.75) is 31.0 Å². The largest absolute Gasteiger partial charge is 0.416 e. The summed E-state index contributed by atoms with van der Waals surface area (Å²) in [7, 11) is 0. The van der Waals surface area contributed by atoms with Crippen molar-refractivity contribution in [2.24, 2.45) is 0 Å². The Morgan fingerprint density at radius 3 is 2.29 bits per heavy atom. The van der Waals surface area contributed by atoms with E-state index >= 15 is 0 Å². The molecule has 0 aliphatic rings. The second kappa shape index (κ2) is 9.75. The Kier molecular flexibility index (Phi) is 7.20. The quantitative estimate of drug-likeness (QED) is 0.142. The highest BCUT2D eigenvalue weighted by atomic mass is 32.2. The van der Waals surface area contributed by atoms with Gasteiger partial charge in [0.15, 0.2) is 5.82 Å². The van der Waals surface area contributed by atoms with E-state index in [0.717, 1.165) is 23.9 Å². The first-order valence-corrected chi connectivity index (χ1v) is 11.0. The van der Waals surface area contributed by atoms with Crippen LogP contribution in [0.25, 0.3) is 11.4 Å². The molecule has 7 nitrogen and oxygen atoms in total. The lowest BCUT2D eigenvalue weighted by molar-refractivity contribution is -0.384. The number of rotatable bonds is 6. The summed E-state index contributed by atoms with van der Waals surface area (Å²) in [6.07, 6.45) is -3.13. The molecule has 0 fully saturated rings. The third-order valence-electron chi connectivity index (χ3n) is 4.69. The minimum Gasteiger partial charge on any atom is -0.322 e. The van der Waals surface area contributed by atoms with Crippen LogP contribution in [0.2, 0.25) is 0 Å². The molecule has 0 spiro atoms. The number of benzene rings is 2. The Bertz CT molecular complexity index is 1250. The molecule has 1 aromatic heterocycles. The van der Waals surface area contributed by atoms with E-state index in [9.17, 15) is 32.5 Å². The molecule has 0 saturated heterocycles. The first-order valence-electron chi connectivity index (χ1n) is 9.80. The number of halogens is 4. The summed E-state index contributed by atoms with van der Waals surface area (Å²) in [5.41, 5.74) is -0.841. The van der Waals surface area contributed by atoms with E-state index in [4.69, 9.17) is 0 Å². The predicted molar refractivity (Wildman–Crippen MR) is 119 cm³/mol. The second-order valence-electron chi connectivity index (χ2n) is 7.46. The molecule has 1 N–H and O–H groups in total. The van der Waals surface area contributed by atoms with Gasteiger partial charge < -0.3 is 5.32 Å². The van der Waals surface area contributed by atoms with E-state index in [0.29, 0.717) is 11.8 Å². The number of nitro groups is 1. The van der Waals surface area contributed by atoms with Crippen molar-refractivity contribution in [1.29, 1.82) is 0 Å². The van der Waals surface area contributed by atoms with Crippen molar-refractivity contribution in [3.05, 3.63) is 75.2 Å². The standard InChI is InChI=1S/C22H18F4N4O3S/c1-11(2)18-17(20(31)27-15-4-6-16(7-5-15)30(32)33)21(34-3)29-19(28-18)12-8-13(22(24,25)26)10-14(23)9-12/h4-11H,1-3H3,(H,27,31). The number of nitro benzene ring substituents is 1. The Labute approximate surface area is 195 Å². The SMILES string of the molecule is CSc1nc(-c2cc(F)cc(C(F)(F)F)c2)nc(C(C)C)c1C(=O)Nc1ccc([N+](=O)[O-])cc1. The van der Waals surface area contributed by atoms with Crippen molar-refractivity contribution < 1.29 is 27.3 Å². The van der Waals surface area contributed by atoms with E-state index in [1.807, 2.05) is 0 Å². The van der Waals surface area contributed by atoms with Crippen LogP contribution < -0.4 is 5.32 Å². The van der Waals surface area contributed by atoms with Gasteiger partial charge in [0.2, 0.25) is 0 Å². The Morgan fingerprint density at radius 2 is 1.76 bits per heavy atom. The zero-order valence-corrected chi connectivity index (χ0v) is 18.9. The van der Waals surface area contributed by atoms with Gasteiger partial charge in [-0.2, -0.15) is 13.2 Å². The smallest absolute Gasteiger partial charge is 0.322 e. The number of carbonyl (C=O) groups excluding carboxylic acids is 1. The van der Waals surface area contributed by atoms with Gasteiger partial charge in [-0.15, -0.1) is 11.8 Å². The van der Waals surface area contributed by atoms with Crippen LogP contribution in [0.1, 0.15) is 41.4 Å². The zero-order valence-electron chi connectivity index (χ0n) is 18.1. The summed E-state index contributed by atoms with van der Waals surface area (Å²) in [5.74, 6) is -2.17. The third kappa shape index (κ3) is 5.50. The first kappa shape index (κ1) is 25.1. The van der Waals surface area contributed by atoms with Crippen LogP contribution in [-0.2, 0) is 6.18 Å². The Morgan fingerprint density at radius 1 is 1.12 bits per heavy atom. The number of non-ortho nitro benzene ring substituents is 1. The molecule has 2 aromatic carbocycles. The monoisotopic (exact) mass is 494 g/mol. The molecule has 0 atom stereocenters. The lowest BCUT2D eigenvalue weighted by Crippen LogP contribution is -2.19. The molecule has 0 aliphatic heterocycles. The fraction of sp³-hybridized carbons (Fsp3) is 0.227. The molecular formula is C22H18F4N4O3S. The summed E-state index contributed by atoms with van der Waals surface area (Å²) in [5, 5.41) is 13.6. The molecule has 1 amide bonds. The van der Waals surface area contributed by atoms with Crippen molar-refractivity contribution >= 4 is 29.0 Å². The van der Waals surface area contributed by atoms with Gasteiger partial charge in [-0.1, -0.05) is 13.8 Å². The molecular weight excluding hydrogens is 476 g/mol. The molecule has 0 aliphatic carbocycles. The molecule has 1 heterocycles. The number of carbonyl (C=O) groups is 1. The number of nitrogens with zero attached hydrogens (tertiary/aromatic N) is 3. The maximum atomic E-state index is 13.9. The van der Waals surface area contributed by atoms with Crippen LogP contribution in [-0.4, -0.2) is 27.1 Å². The van der Waals surface area contributed by atoms with E-state index in [-0.39, 0.29) is 39.3 Å². The normalized spacial score (nSPS) is 11.5. The summed E-state index contributed by atoms with van der Waals surface area (Å²) in [6.45, 7) is 3.48. The zero-order chi connectivity index (χ0) is 25.2. The van der Waals surface area contributed by atoms with Crippen LogP contribution in [0.5, 0.6) is 0 Å². The van der Waals surface area contributed by atoms with E-state index in [2.05, 4.69) is 15.3 Å². The number of hydrogen-bond donors (Lipinski definition) is 1. The summed E-state index contributed by atoms with van der Waals surface area (Å²) >= 11 is 1.08. The van der Waals surface area contributed by atoms with E-state index in [1.54, 1.807) is 20.1 Å². The third-order valence-corrected chi connectivity index (χ3v) is 5.37. The molecule has 34 heavy (non-hydrogen) atoms. The van der Waals surface area contributed by atoms with Gasteiger partial charge in [-0.05, 0) is 42.5 Å². The molecule has 0 saturated carbocycles. The van der Waals surface area contributed by atoms with Gasteiger partial charge in [0.05, 0.1) is 21.7 Å². The fourth-order valence-corrected chi connectivity index (χ4v) is 3.69. The summed E-state index contributed by atoms with van der Waals surface area (Å²) < 4.78 is 53.4. The highest BCUT2D eigenvalue weighted by Gasteiger charge is 2.32. The summed E-state index contributed by atoms with van der Waals surface area (Å²) in [4.78, 5) is 31.9. The lowest BCUT2D eigenvalue weighted by atomic mass is 10.0. The van der Waals surface area contributed by atoms with Gasteiger partial charge in [0, 0.05) is 23.4 Å². The molecule has 3 rings (SSSR count). The van der Waals surface area contributed by atoms with Gasteiger partial charge in [0.1, 0.15) is 10.8 Å². The topological polar surface area (TPSA) is 98.0 Å². The maximum absolute atomic E-state index is 13.9. The van der Waals surface area contributed by atoms with Crippen molar-refractivity contribution in [2.75, 3.05) is 11.6 Å². The number of aromatic nitrogens is 2. The first-order chi connectivity index (χ1) is 15.9. The number of amides is 1. The van der Waals surface area contributed by atoms with Crippen LogP contribution in [0.3, 0.4) is 0 Å². The Balaban J connectivity index is 2.07. The maximum Gasteiger partial charge on any atom is 0.416 e. The Hall–Kier alpha value is -3.54. The van der Waals surface area contributed by atoms with Gasteiger partial charge in [-0.3, -0.25) is 14.9 Å². The molecule has 0 radical (unpaired) electrons. The number of nitrogens with one attached hydrogen (secondary N) is 1. The number of thioether (sulfide) groups is 1. The lowest BCUT2D eigenvalue weighted by Gasteiger charge is -2.17. The molecule has 12 heteroatoms. The molecule has 3 aromatic rings. The molecule has 178 valence electrons. The van der Waals surface area contributed by atoms with Gasteiger partial charge >= 0.3 is 6.18 Å². The van der Waals surface area contributed by atoms with Crippen LogP contribution in [0, 0.1) is 15.9 Å². The second-order valence-corrected chi connectivity index (χ2v) is 8.25.